The van der Waals surface area contributed by atoms with Crippen LogP contribution in [0.2, 0.25) is 0 Å². The van der Waals surface area contributed by atoms with Gasteiger partial charge in [0.2, 0.25) is 5.78 Å². The van der Waals surface area contributed by atoms with E-state index in [2.05, 4.69) is 0 Å². The van der Waals surface area contributed by atoms with E-state index in [0.717, 1.165) is 5.56 Å². The number of methoxy groups -OCH3 is 1. The highest BCUT2D eigenvalue weighted by Gasteiger charge is 2.23. The predicted molar refractivity (Wildman–Crippen MR) is 81.5 cm³/mol. The van der Waals surface area contributed by atoms with Crippen molar-refractivity contribution < 1.29 is 18.7 Å². The van der Waals surface area contributed by atoms with Gasteiger partial charge in [0, 0.05) is 19.2 Å². The van der Waals surface area contributed by atoms with Crippen LogP contribution in [0.5, 0.6) is 0 Å². The fourth-order valence-electron chi connectivity index (χ4n) is 2.02. The number of nitrogens with zero attached hydrogens (tertiary/aromatic N) is 1. The molecule has 0 N–H and O–H groups in total. The molecule has 5 nitrogen and oxygen atoms in total. The highest BCUT2D eigenvalue weighted by molar-refractivity contribution is 6.42. The van der Waals surface area contributed by atoms with Crippen LogP contribution < -0.4 is 0 Å². The first-order valence-electron chi connectivity index (χ1n) is 7.03. The van der Waals surface area contributed by atoms with Crippen LogP contribution in [0, 0.1) is 6.92 Å². The van der Waals surface area contributed by atoms with E-state index < -0.39 is 11.7 Å². The number of aryl methyl sites for hydroxylation is 1. The lowest BCUT2D eigenvalue weighted by molar-refractivity contribution is -0.127. The molecule has 0 aliphatic heterocycles. The highest BCUT2D eigenvalue weighted by atomic mass is 16.5. The van der Waals surface area contributed by atoms with Gasteiger partial charge in [0.15, 0.2) is 0 Å². The Morgan fingerprint density at radius 1 is 1.18 bits per heavy atom. The fourth-order valence-corrected chi connectivity index (χ4v) is 2.02. The molecular weight excluding hydrogens is 282 g/mol. The second-order valence-electron chi connectivity index (χ2n) is 4.99. The molecule has 0 aliphatic rings. The number of hydrogen-bond acceptors (Lipinski definition) is 4. The molecule has 0 aliphatic carbocycles. The Balaban J connectivity index is 2.12. The summed E-state index contributed by atoms with van der Waals surface area (Å²) in [5.74, 6) is -0.457. The number of carbonyl (C=O) groups excluding carboxylic acids is 2. The summed E-state index contributed by atoms with van der Waals surface area (Å²) in [6, 6.07) is 10.5. The molecule has 0 spiro atoms. The maximum atomic E-state index is 12.4. The summed E-state index contributed by atoms with van der Waals surface area (Å²) < 4.78 is 10.3. The van der Waals surface area contributed by atoms with Gasteiger partial charge in [-0.25, -0.2) is 0 Å². The largest absolute Gasteiger partial charge is 0.467 e. The zero-order valence-corrected chi connectivity index (χ0v) is 12.7. The van der Waals surface area contributed by atoms with Crippen LogP contribution in [0.4, 0.5) is 0 Å². The summed E-state index contributed by atoms with van der Waals surface area (Å²) in [5.41, 5.74) is 1.42. The minimum atomic E-state index is -0.558. The molecule has 116 valence electrons. The smallest absolute Gasteiger partial charge is 0.295 e. The van der Waals surface area contributed by atoms with Crippen molar-refractivity contribution in [2.24, 2.45) is 0 Å². The van der Waals surface area contributed by atoms with Gasteiger partial charge in [-0.05, 0) is 19.1 Å². The molecule has 0 atom stereocenters. The van der Waals surface area contributed by atoms with Crippen molar-refractivity contribution in [2.45, 2.75) is 13.5 Å². The summed E-state index contributed by atoms with van der Waals surface area (Å²) in [6.45, 7) is 2.85. The zero-order valence-electron chi connectivity index (χ0n) is 12.7. The van der Waals surface area contributed by atoms with Gasteiger partial charge in [0.1, 0.15) is 5.76 Å². The van der Waals surface area contributed by atoms with E-state index in [-0.39, 0.29) is 6.54 Å². The van der Waals surface area contributed by atoms with E-state index in [0.29, 0.717) is 24.5 Å². The molecule has 0 unspecified atom stereocenters. The minimum absolute atomic E-state index is 0.243. The Bertz CT molecular complexity index is 617. The third kappa shape index (κ3) is 4.05. The lowest BCUT2D eigenvalue weighted by atomic mass is 10.1. The number of ketones is 1. The first-order chi connectivity index (χ1) is 10.6. The quantitative estimate of drug-likeness (QED) is 0.582. The Kier molecular flexibility index (Phi) is 5.49. The van der Waals surface area contributed by atoms with Crippen LogP contribution in [0.15, 0.2) is 47.1 Å². The number of furan rings is 1. The fraction of sp³-hybridized carbons (Fsp3) is 0.294. The number of carbonyl (C=O) groups is 2. The van der Waals surface area contributed by atoms with E-state index in [1.807, 2.05) is 19.1 Å². The number of hydrogen-bond donors (Lipinski definition) is 0. The zero-order chi connectivity index (χ0) is 15.9. The van der Waals surface area contributed by atoms with Crippen LogP contribution in [0.1, 0.15) is 21.7 Å². The standard InChI is InChI=1S/C17H19NO4/c1-13-5-7-14(8-6-13)16(19)17(20)18(9-11-21-2)12-15-4-3-10-22-15/h3-8,10H,9,11-12H2,1-2H3. The Labute approximate surface area is 129 Å². The van der Waals surface area contributed by atoms with Crippen LogP contribution >= 0.6 is 0 Å². The Morgan fingerprint density at radius 2 is 1.91 bits per heavy atom. The molecule has 1 amide bonds. The van der Waals surface area contributed by atoms with Gasteiger partial charge in [0.05, 0.1) is 19.4 Å². The van der Waals surface area contributed by atoms with Crippen molar-refractivity contribution in [3.8, 4) is 0 Å². The van der Waals surface area contributed by atoms with Gasteiger partial charge in [-0.3, -0.25) is 9.59 Å². The molecule has 2 rings (SSSR count). The first kappa shape index (κ1) is 16.0. The van der Waals surface area contributed by atoms with Crippen molar-refractivity contribution in [2.75, 3.05) is 20.3 Å². The number of rotatable bonds is 7. The van der Waals surface area contributed by atoms with Crippen molar-refractivity contribution in [3.05, 3.63) is 59.5 Å². The Morgan fingerprint density at radius 3 is 2.50 bits per heavy atom. The van der Waals surface area contributed by atoms with E-state index in [1.54, 1.807) is 31.4 Å². The van der Waals surface area contributed by atoms with Gasteiger partial charge in [0.25, 0.3) is 5.91 Å². The monoisotopic (exact) mass is 301 g/mol. The average Bonchev–Trinajstić information content (AvgIpc) is 3.04. The number of ether oxygens (including phenoxy) is 1. The summed E-state index contributed by atoms with van der Waals surface area (Å²) in [6.07, 6.45) is 1.54. The third-order valence-electron chi connectivity index (χ3n) is 3.29. The van der Waals surface area contributed by atoms with Gasteiger partial charge >= 0.3 is 0 Å². The molecule has 5 heteroatoms. The van der Waals surface area contributed by atoms with Gasteiger partial charge < -0.3 is 14.1 Å². The number of amides is 1. The molecule has 1 aromatic heterocycles. The number of Topliss-reactive ketones (excluding diaryl/α,β-unsaturated/α-hetero) is 1. The van der Waals surface area contributed by atoms with Crippen LogP contribution in [0.3, 0.4) is 0 Å². The van der Waals surface area contributed by atoms with Crippen molar-refractivity contribution in [3.63, 3.8) is 0 Å². The molecule has 0 fully saturated rings. The first-order valence-corrected chi connectivity index (χ1v) is 7.03. The topological polar surface area (TPSA) is 59.8 Å². The van der Waals surface area contributed by atoms with Gasteiger partial charge in [-0.15, -0.1) is 0 Å². The summed E-state index contributed by atoms with van der Waals surface area (Å²) in [7, 11) is 1.55. The van der Waals surface area contributed by atoms with Crippen LogP contribution in [-0.2, 0) is 16.1 Å². The third-order valence-corrected chi connectivity index (χ3v) is 3.29. The molecule has 0 bridgehead atoms. The van der Waals surface area contributed by atoms with E-state index in [9.17, 15) is 9.59 Å². The summed E-state index contributed by atoms with van der Waals surface area (Å²) in [5, 5.41) is 0. The second kappa shape index (κ2) is 7.56. The molecule has 22 heavy (non-hydrogen) atoms. The van der Waals surface area contributed by atoms with E-state index in [4.69, 9.17) is 9.15 Å². The van der Waals surface area contributed by atoms with E-state index in [1.165, 1.54) is 11.2 Å². The Hall–Kier alpha value is -2.40. The predicted octanol–water partition coefficient (Wildman–Crippen LogP) is 2.45. The lowest BCUT2D eigenvalue weighted by Crippen LogP contribution is -2.38. The maximum Gasteiger partial charge on any atom is 0.295 e. The average molecular weight is 301 g/mol. The van der Waals surface area contributed by atoms with Crippen molar-refractivity contribution in [1.29, 1.82) is 0 Å². The highest BCUT2D eigenvalue weighted by Crippen LogP contribution is 2.10. The van der Waals surface area contributed by atoms with Crippen LogP contribution in [0.25, 0.3) is 0 Å². The molecule has 1 aromatic carbocycles. The molecular formula is C17H19NO4. The molecule has 0 saturated heterocycles. The maximum absolute atomic E-state index is 12.4. The van der Waals surface area contributed by atoms with E-state index >= 15 is 0 Å². The summed E-state index contributed by atoms with van der Waals surface area (Å²) in [4.78, 5) is 26.2. The molecule has 1 heterocycles. The van der Waals surface area contributed by atoms with Crippen molar-refractivity contribution >= 4 is 11.7 Å². The SMILES string of the molecule is COCCN(Cc1ccco1)C(=O)C(=O)c1ccc(C)cc1. The van der Waals surface area contributed by atoms with Crippen molar-refractivity contribution in [1.82, 2.24) is 4.90 Å². The lowest BCUT2D eigenvalue weighted by Gasteiger charge is -2.20. The van der Waals surface area contributed by atoms with Crippen LogP contribution in [-0.4, -0.2) is 36.9 Å². The molecule has 0 radical (unpaired) electrons. The van der Waals surface area contributed by atoms with Gasteiger partial charge in [-0.1, -0.05) is 29.8 Å². The second-order valence-corrected chi connectivity index (χ2v) is 4.99. The normalized spacial score (nSPS) is 10.5. The molecule has 2 aromatic rings. The molecule has 0 saturated carbocycles. The number of benzene rings is 1. The van der Waals surface area contributed by atoms with Gasteiger partial charge in [-0.2, -0.15) is 0 Å². The minimum Gasteiger partial charge on any atom is -0.467 e. The summed E-state index contributed by atoms with van der Waals surface area (Å²) >= 11 is 0.